The van der Waals surface area contributed by atoms with Gasteiger partial charge in [-0.15, -0.1) is 0 Å². The number of hydrogen-bond donors (Lipinski definition) is 1. The van der Waals surface area contributed by atoms with Gasteiger partial charge in [0.05, 0.1) is 0 Å². The molecule has 20 heavy (non-hydrogen) atoms. The van der Waals surface area contributed by atoms with Crippen molar-refractivity contribution < 1.29 is 0 Å². The van der Waals surface area contributed by atoms with Crippen LogP contribution in [0.1, 0.15) is 50.6 Å². The fourth-order valence-electron chi connectivity index (χ4n) is 3.18. The Morgan fingerprint density at radius 1 is 1.15 bits per heavy atom. The molecule has 110 valence electrons. The highest BCUT2D eigenvalue weighted by atomic mass is 15.2. The molecule has 0 saturated heterocycles. The van der Waals surface area contributed by atoms with Gasteiger partial charge >= 0.3 is 0 Å². The van der Waals surface area contributed by atoms with Crippen molar-refractivity contribution in [2.45, 2.75) is 51.1 Å². The van der Waals surface area contributed by atoms with E-state index in [1.807, 2.05) is 0 Å². The van der Waals surface area contributed by atoms with E-state index in [0.29, 0.717) is 6.04 Å². The summed E-state index contributed by atoms with van der Waals surface area (Å²) in [5, 5.41) is 3.74. The third-order valence-corrected chi connectivity index (χ3v) is 4.93. The molecule has 2 saturated carbocycles. The molecule has 0 amide bonds. The average molecular weight is 272 g/mol. The van der Waals surface area contributed by atoms with Crippen LogP contribution < -0.4 is 5.32 Å². The lowest BCUT2D eigenvalue weighted by Crippen LogP contribution is -2.40. The van der Waals surface area contributed by atoms with Gasteiger partial charge in [-0.2, -0.15) is 0 Å². The standard InChI is InChI=1S/C18H28N2/c1-2-20(14-15-7-6-8-15)18(13-19-17-11-12-17)16-9-4-3-5-10-16/h3-5,9-10,15,17-19H,2,6-8,11-14H2,1H3. The summed E-state index contributed by atoms with van der Waals surface area (Å²) in [5.74, 6) is 0.946. The summed E-state index contributed by atoms with van der Waals surface area (Å²) in [6, 6.07) is 12.4. The smallest absolute Gasteiger partial charge is 0.0472 e. The molecule has 2 aliphatic carbocycles. The third-order valence-electron chi connectivity index (χ3n) is 4.93. The van der Waals surface area contributed by atoms with Gasteiger partial charge in [-0.05, 0) is 43.7 Å². The SMILES string of the molecule is CCN(CC1CCC1)C(CNC1CC1)c1ccccc1. The third kappa shape index (κ3) is 3.62. The Hall–Kier alpha value is -0.860. The summed E-state index contributed by atoms with van der Waals surface area (Å²) in [4.78, 5) is 2.69. The summed E-state index contributed by atoms with van der Waals surface area (Å²) in [7, 11) is 0. The molecule has 2 fully saturated rings. The maximum atomic E-state index is 3.74. The first-order chi connectivity index (χ1) is 9.86. The van der Waals surface area contributed by atoms with Crippen molar-refractivity contribution >= 4 is 0 Å². The molecular weight excluding hydrogens is 244 g/mol. The Bertz CT molecular complexity index is 395. The number of nitrogens with zero attached hydrogens (tertiary/aromatic N) is 1. The van der Waals surface area contributed by atoms with E-state index < -0.39 is 0 Å². The first kappa shape index (κ1) is 14.1. The zero-order chi connectivity index (χ0) is 13.8. The molecule has 1 N–H and O–H groups in total. The van der Waals surface area contributed by atoms with Crippen LogP contribution in [0.5, 0.6) is 0 Å². The molecule has 0 bridgehead atoms. The van der Waals surface area contributed by atoms with E-state index in [0.717, 1.165) is 25.0 Å². The second kappa shape index (κ2) is 6.73. The van der Waals surface area contributed by atoms with Crippen molar-refractivity contribution in [2.75, 3.05) is 19.6 Å². The van der Waals surface area contributed by atoms with E-state index in [2.05, 4.69) is 47.5 Å². The second-order valence-corrected chi connectivity index (χ2v) is 6.49. The maximum Gasteiger partial charge on any atom is 0.0472 e. The monoisotopic (exact) mass is 272 g/mol. The molecule has 0 radical (unpaired) electrons. The van der Waals surface area contributed by atoms with E-state index >= 15 is 0 Å². The summed E-state index contributed by atoms with van der Waals surface area (Å²) < 4.78 is 0. The van der Waals surface area contributed by atoms with Gasteiger partial charge in [0.1, 0.15) is 0 Å². The minimum atomic E-state index is 0.544. The van der Waals surface area contributed by atoms with E-state index in [4.69, 9.17) is 0 Å². The fourth-order valence-corrected chi connectivity index (χ4v) is 3.18. The largest absolute Gasteiger partial charge is 0.312 e. The highest BCUT2D eigenvalue weighted by Gasteiger charge is 2.27. The van der Waals surface area contributed by atoms with Gasteiger partial charge in [0, 0.05) is 25.2 Å². The molecule has 1 unspecified atom stereocenters. The maximum absolute atomic E-state index is 3.74. The van der Waals surface area contributed by atoms with Crippen molar-refractivity contribution in [1.29, 1.82) is 0 Å². The summed E-state index contributed by atoms with van der Waals surface area (Å²) >= 11 is 0. The average Bonchev–Trinajstić information content (AvgIpc) is 3.25. The Balaban J connectivity index is 1.67. The lowest BCUT2D eigenvalue weighted by Gasteiger charge is -2.37. The lowest BCUT2D eigenvalue weighted by atomic mass is 9.84. The van der Waals surface area contributed by atoms with E-state index in [-0.39, 0.29) is 0 Å². The van der Waals surface area contributed by atoms with Gasteiger partial charge < -0.3 is 5.32 Å². The molecule has 2 aliphatic rings. The van der Waals surface area contributed by atoms with Crippen LogP contribution in [0.2, 0.25) is 0 Å². The highest BCUT2D eigenvalue weighted by Crippen LogP contribution is 2.31. The van der Waals surface area contributed by atoms with Crippen LogP contribution in [0.15, 0.2) is 30.3 Å². The van der Waals surface area contributed by atoms with E-state index in [1.54, 1.807) is 0 Å². The highest BCUT2D eigenvalue weighted by molar-refractivity contribution is 5.19. The number of hydrogen-bond acceptors (Lipinski definition) is 2. The zero-order valence-corrected chi connectivity index (χ0v) is 12.7. The fraction of sp³-hybridized carbons (Fsp3) is 0.667. The topological polar surface area (TPSA) is 15.3 Å². The molecule has 3 rings (SSSR count). The van der Waals surface area contributed by atoms with Crippen LogP contribution in [-0.4, -0.2) is 30.6 Å². The molecule has 0 spiro atoms. The van der Waals surface area contributed by atoms with Crippen LogP contribution in [0.4, 0.5) is 0 Å². The van der Waals surface area contributed by atoms with Crippen LogP contribution in [0.25, 0.3) is 0 Å². The van der Waals surface area contributed by atoms with Crippen molar-refractivity contribution in [3.05, 3.63) is 35.9 Å². The molecule has 1 aromatic carbocycles. The van der Waals surface area contributed by atoms with Crippen LogP contribution in [-0.2, 0) is 0 Å². The van der Waals surface area contributed by atoms with Gasteiger partial charge in [-0.25, -0.2) is 0 Å². The normalized spacial score (nSPS) is 20.9. The lowest BCUT2D eigenvalue weighted by molar-refractivity contribution is 0.136. The summed E-state index contributed by atoms with van der Waals surface area (Å²) in [6.45, 7) is 5.85. The number of rotatable bonds is 8. The summed E-state index contributed by atoms with van der Waals surface area (Å²) in [5.41, 5.74) is 1.47. The van der Waals surface area contributed by atoms with Gasteiger partial charge in [0.2, 0.25) is 0 Å². The molecule has 1 atom stereocenters. The van der Waals surface area contributed by atoms with Crippen LogP contribution in [0, 0.1) is 5.92 Å². The number of likely N-dealkylation sites (N-methyl/N-ethyl adjacent to an activating group) is 1. The molecule has 2 heteroatoms. The van der Waals surface area contributed by atoms with Gasteiger partial charge in [0.15, 0.2) is 0 Å². The molecule has 0 aromatic heterocycles. The van der Waals surface area contributed by atoms with Gasteiger partial charge in [-0.3, -0.25) is 4.90 Å². The molecule has 2 nitrogen and oxygen atoms in total. The van der Waals surface area contributed by atoms with Crippen molar-refractivity contribution in [2.24, 2.45) is 5.92 Å². The van der Waals surface area contributed by atoms with Crippen molar-refractivity contribution in [3.63, 3.8) is 0 Å². The minimum absolute atomic E-state index is 0.544. The van der Waals surface area contributed by atoms with Gasteiger partial charge in [-0.1, -0.05) is 43.7 Å². The molecule has 1 aromatic rings. The Kier molecular flexibility index (Phi) is 4.74. The van der Waals surface area contributed by atoms with Crippen molar-refractivity contribution in [3.8, 4) is 0 Å². The van der Waals surface area contributed by atoms with Gasteiger partial charge in [0.25, 0.3) is 0 Å². The molecular formula is C18H28N2. The number of nitrogens with one attached hydrogen (secondary N) is 1. The minimum Gasteiger partial charge on any atom is -0.312 e. The summed E-state index contributed by atoms with van der Waals surface area (Å²) in [6.07, 6.45) is 7.06. The number of benzene rings is 1. The van der Waals surface area contributed by atoms with E-state index in [9.17, 15) is 0 Å². The van der Waals surface area contributed by atoms with Crippen LogP contribution in [0.3, 0.4) is 0 Å². The Morgan fingerprint density at radius 3 is 2.45 bits per heavy atom. The predicted molar refractivity (Wildman–Crippen MR) is 84.8 cm³/mol. The molecule has 0 aliphatic heterocycles. The first-order valence-corrected chi connectivity index (χ1v) is 8.39. The van der Waals surface area contributed by atoms with Crippen LogP contribution >= 0.6 is 0 Å². The Labute approximate surface area is 123 Å². The predicted octanol–water partition coefficient (Wildman–Crippen LogP) is 3.60. The van der Waals surface area contributed by atoms with E-state index in [1.165, 1.54) is 44.2 Å². The molecule has 0 heterocycles. The Morgan fingerprint density at radius 2 is 1.90 bits per heavy atom. The zero-order valence-electron chi connectivity index (χ0n) is 12.7. The second-order valence-electron chi connectivity index (χ2n) is 6.49. The van der Waals surface area contributed by atoms with Crippen molar-refractivity contribution in [1.82, 2.24) is 10.2 Å². The quantitative estimate of drug-likeness (QED) is 0.778. The first-order valence-electron chi connectivity index (χ1n) is 8.39.